The number of para-hydroxylation sites is 2. The van der Waals surface area contributed by atoms with Crippen LogP contribution in [-0.2, 0) is 21.7 Å². The molecule has 1 saturated heterocycles. The number of aryl methyl sites for hydroxylation is 4. The number of rotatable bonds is 2. The topological polar surface area (TPSA) is 28.8 Å². The molecule has 0 aromatic heterocycles. The fraction of sp³-hybridized carbons (Fsp3) is 0.289. The van der Waals surface area contributed by atoms with Crippen molar-refractivity contribution in [3.8, 4) is 0 Å². The Morgan fingerprint density at radius 1 is 0.476 bits per heavy atom. The first-order valence-electron chi connectivity index (χ1n) is 14.8. The Hall–Kier alpha value is -3.40. The van der Waals surface area contributed by atoms with Crippen LogP contribution in [0.3, 0.4) is 0 Å². The average molecular weight is 593 g/mol. The number of hydrogen-bond acceptors (Lipinski definition) is 0. The van der Waals surface area contributed by atoms with Gasteiger partial charge < -0.3 is 15.2 Å². The van der Waals surface area contributed by atoms with Crippen molar-refractivity contribution in [1.82, 2.24) is 0 Å². The van der Waals surface area contributed by atoms with Gasteiger partial charge in [0.05, 0.1) is 0 Å². The summed E-state index contributed by atoms with van der Waals surface area (Å²) in [5, 5.41) is 10.8. The summed E-state index contributed by atoms with van der Waals surface area (Å²) < 4.78 is 0. The minimum atomic E-state index is 0. The first kappa shape index (κ1) is 34.8. The SMILES string of the molecule is C1CCCC1.Cc1cccc(C)c1N1CCN(c2c(C)cccc2C)C1=[N-].[CH2-]c1ccccc1.[CH2-]c1ccccc1.[Ti+4]. The molecule has 42 heavy (non-hydrogen) atoms. The molecule has 4 heteroatoms. The van der Waals surface area contributed by atoms with E-state index in [2.05, 4.69) is 77.9 Å². The normalized spacial score (nSPS) is 13.5. The van der Waals surface area contributed by atoms with Gasteiger partial charge in [-0.05, 0) is 74.4 Å². The Kier molecular flexibility index (Phi) is 15.1. The van der Waals surface area contributed by atoms with Crippen molar-refractivity contribution in [2.45, 2.75) is 59.8 Å². The van der Waals surface area contributed by atoms with E-state index in [1.807, 2.05) is 70.5 Å². The van der Waals surface area contributed by atoms with Gasteiger partial charge in [0.15, 0.2) is 0 Å². The molecule has 216 valence electrons. The predicted molar refractivity (Wildman–Crippen MR) is 180 cm³/mol. The summed E-state index contributed by atoms with van der Waals surface area (Å²) in [7, 11) is 0. The number of hydrogen-bond donors (Lipinski definition) is 0. The minimum absolute atomic E-state index is 0. The van der Waals surface area contributed by atoms with E-state index in [1.54, 1.807) is 0 Å². The smallest absolute Gasteiger partial charge is 0.397 e. The third-order valence-electron chi connectivity index (χ3n) is 7.38. The van der Waals surface area contributed by atoms with Gasteiger partial charge >= 0.3 is 21.7 Å². The van der Waals surface area contributed by atoms with E-state index < -0.39 is 0 Å². The zero-order chi connectivity index (χ0) is 29.6. The van der Waals surface area contributed by atoms with Gasteiger partial charge in [0.1, 0.15) is 0 Å². The molecular weight excluding hydrogens is 546 g/mol. The quantitative estimate of drug-likeness (QED) is 0.171. The summed E-state index contributed by atoms with van der Waals surface area (Å²) >= 11 is 0. The van der Waals surface area contributed by atoms with Crippen LogP contribution in [0.5, 0.6) is 0 Å². The standard InChI is InChI=1S/C19H22N3.2C7H7.C5H10.Ti/c1-13-7-5-8-14(2)17(13)21-11-12-22(19(21)20)18-15(3)9-6-10-16(18)4;2*1-7-5-3-2-4-6-7;1-2-4-5-3-1;/h5-10H,11-12H2,1-4H3;2*2-6H,1H2;1-5H2;/q3*-1;;+4. The van der Waals surface area contributed by atoms with Gasteiger partial charge in [0.2, 0.25) is 0 Å². The maximum Gasteiger partial charge on any atom is 4.00 e. The second kappa shape index (κ2) is 18.2. The van der Waals surface area contributed by atoms with Gasteiger partial charge in [-0.25, -0.2) is 0 Å². The number of guanidine groups is 1. The van der Waals surface area contributed by atoms with E-state index in [1.165, 1.54) is 54.4 Å². The van der Waals surface area contributed by atoms with Crippen molar-refractivity contribution >= 4 is 17.3 Å². The molecule has 1 heterocycles. The van der Waals surface area contributed by atoms with Gasteiger partial charge in [-0.15, -0.1) is 24.3 Å². The van der Waals surface area contributed by atoms with Gasteiger partial charge in [-0.3, -0.25) is 0 Å². The van der Waals surface area contributed by atoms with Crippen LogP contribution >= 0.6 is 0 Å². The van der Waals surface area contributed by atoms with Crippen LogP contribution < -0.4 is 9.80 Å². The molecule has 0 bridgehead atoms. The number of anilines is 2. The van der Waals surface area contributed by atoms with Crippen molar-refractivity contribution in [3.05, 3.63) is 150 Å². The molecule has 0 N–H and O–H groups in total. The van der Waals surface area contributed by atoms with Crippen molar-refractivity contribution in [2.24, 2.45) is 0 Å². The predicted octanol–water partition coefficient (Wildman–Crippen LogP) is 9.86. The Labute approximate surface area is 270 Å². The molecule has 3 nitrogen and oxygen atoms in total. The van der Waals surface area contributed by atoms with E-state index in [4.69, 9.17) is 0 Å². The second-order valence-electron chi connectivity index (χ2n) is 10.8. The number of nitrogens with zero attached hydrogens (tertiary/aromatic N) is 3. The molecule has 2 aliphatic rings. The first-order valence-corrected chi connectivity index (χ1v) is 14.8. The summed E-state index contributed by atoms with van der Waals surface area (Å²) in [6, 6.07) is 32.2. The molecule has 6 rings (SSSR count). The maximum absolute atomic E-state index is 10.8. The first-order chi connectivity index (χ1) is 19.8. The van der Waals surface area contributed by atoms with Crippen molar-refractivity contribution in [1.29, 1.82) is 0 Å². The fourth-order valence-electron chi connectivity index (χ4n) is 5.27. The van der Waals surface area contributed by atoms with Gasteiger partial charge in [-0.1, -0.05) is 80.6 Å². The maximum atomic E-state index is 10.8. The average Bonchev–Trinajstić information content (AvgIpc) is 3.65. The van der Waals surface area contributed by atoms with Crippen LogP contribution in [0.15, 0.2) is 97.1 Å². The Balaban J connectivity index is 0.000000249. The molecule has 0 atom stereocenters. The molecule has 2 fully saturated rings. The van der Waals surface area contributed by atoms with E-state index >= 15 is 0 Å². The van der Waals surface area contributed by atoms with Crippen LogP contribution in [0.2, 0.25) is 0 Å². The van der Waals surface area contributed by atoms with Gasteiger partial charge in [-0.2, -0.15) is 49.2 Å². The van der Waals surface area contributed by atoms with Crippen LogP contribution in [0.4, 0.5) is 11.4 Å². The van der Waals surface area contributed by atoms with E-state index in [9.17, 15) is 5.41 Å². The molecule has 4 aromatic rings. The second-order valence-corrected chi connectivity index (χ2v) is 10.8. The molecule has 0 amide bonds. The summed E-state index contributed by atoms with van der Waals surface area (Å²) in [5.74, 6) is 0.329. The van der Waals surface area contributed by atoms with Crippen LogP contribution in [0.25, 0.3) is 5.41 Å². The molecule has 0 radical (unpaired) electrons. The summed E-state index contributed by atoms with van der Waals surface area (Å²) in [6.45, 7) is 17.4. The van der Waals surface area contributed by atoms with Crippen molar-refractivity contribution < 1.29 is 21.7 Å². The van der Waals surface area contributed by atoms with Gasteiger partial charge in [0, 0.05) is 5.96 Å². The zero-order valence-corrected chi connectivity index (χ0v) is 27.5. The van der Waals surface area contributed by atoms with E-state index in [0.29, 0.717) is 5.96 Å². The van der Waals surface area contributed by atoms with Crippen molar-refractivity contribution in [2.75, 3.05) is 22.9 Å². The Bertz CT molecular complexity index is 1200. The third kappa shape index (κ3) is 10.5. The summed E-state index contributed by atoms with van der Waals surface area (Å²) in [6.07, 6.45) is 7.50. The molecular formula is C38H46N3Ti+. The molecule has 0 spiro atoms. The van der Waals surface area contributed by atoms with E-state index in [0.717, 1.165) is 35.6 Å². The fourth-order valence-corrected chi connectivity index (χ4v) is 5.27. The van der Waals surface area contributed by atoms with Crippen molar-refractivity contribution in [3.63, 3.8) is 0 Å². The summed E-state index contributed by atoms with van der Waals surface area (Å²) in [4.78, 5) is 4.05. The van der Waals surface area contributed by atoms with E-state index in [-0.39, 0.29) is 21.7 Å². The largest absolute Gasteiger partial charge is 4.00 e. The molecule has 1 saturated carbocycles. The van der Waals surface area contributed by atoms with Crippen LogP contribution in [0.1, 0.15) is 65.5 Å². The zero-order valence-electron chi connectivity index (χ0n) is 25.9. The Morgan fingerprint density at radius 3 is 1.00 bits per heavy atom. The molecule has 4 aromatic carbocycles. The van der Waals surface area contributed by atoms with Crippen LogP contribution in [-0.4, -0.2) is 19.0 Å². The van der Waals surface area contributed by atoms with Gasteiger partial charge in [0.25, 0.3) is 0 Å². The number of benzene rings is 4. The molecule has 1 aliphatic carbocycles. The van der Waals surface area contributed by atoms with Crippen LogP contribution in [0, 0.1) is 41.5 Å². The summed E-state index contributed by atoms with van der Waals surface area (Å²) in [5.41, 5.74) is 9.14. The minimum Gasteiger partial charge on any atom is -0.397 e. The molecule has 1 aliphatic heterocycles. The molecule has 0 unspecified atom stereocenters. The third-order valence-corrected chi connectivity index (χ3v) is 7.38. The Morgan fingerprint density at radius 2 is 0.762 bits per heavy atom. The monoisotopic (exact) mass is 592 g/mol.